The van der Waals surface area contributed by atoms with E-state index < -0.39 is 77.5 Å². The SMILES string of the molecule is COc1ccc(NC(=O)[C@H](CCCCN)NC(=O)c2cc(NC(=O)[C@H](CCCCN)NC(=O)c3cc(NC(=O)[C@H](CCCNC(N)=O)NC(=O)c4cc(NC(=O)[C@@H](N)CCCCN)ccc4OC)ccc3OC)ccc2OC)cc1C(N)=O. The average molecular weight is 1160 g/mol. The molecule has 450 valence electrons. The van der Waals surface area contributed by atoms with E-state index in [0.717, 1.165) is 0 Å². The van der Waals surface area contributed by atoms with E-state index in [1.165, 1.54) is 101 Å². The number of ether oxygens (including phenoxy) is 4. The third-order valence-electron chi connectivity index (χ3n) is 12.9. The molecule has 0 bridgehead atoms. The Kier molecular flexibility index (Phi) is 27.5. The molecule has 0 spiro atoms. The zero-order valence-corrected chi connectivity index (χ0v) is 47.1. The monoisotopic (exact) mass is 1150 g/mol. The second-order valence-electron chi connectivity index (χ2n) is 19.0. The Morgan fingerprint density at radius 2 is 0.711 bits per heavy atom. The highest BCUT2D eigenvalue weighted by Crippen LogP contribution is 2.28. The largest absolute Gasteiger partial charge is 0.496 e. The Bertz CT molecular complexity index is 2910. The van der Waals surface area contributed by atoms with Crippen molar-refractivity contribution in [2.24, 2.45) is 34.4 Å². The van der Waals surface area contributed by atoms with Crippen molar-refractivity contribution < 1.29 is 62.1 Å². The number of benzene rings is 4. The first-order valence-electron chi connectivity index (χ1n) is 26.9. The zero-order chi connectivity index (χ0) is 61.0. The quantitative estimate of drug-likeness (QED) is 0.0293. The van der Waals surface area contributed by atoms with Crippen LogP contribution in [-0.2, 0) is 19.2 Å². The second-order valence-corrected chi connectivity index (χ2v) is 19.0. The van der Waals surface area contributed by atoms with Gasteiger partial charge in [0.2, 0.25) is 23.6 Å². The zero-order valence-electron chi connectivity index (χ0n) is 47.1. The average Bonchev–Trinajstić information content (AvgIpc) is 3.54. The van der Waals surface area contributed by atoms with Crippen LogP contribution in [0, 0.1) is 0 Å². The summed E-state index contributed by atoms with van der Waals surface area (Å²) in [6.07, 6.45) is 4.08. The number of nitrogens with two attached hydrogens (primary N) is 6. The Morgan fingerprint density at radius 3 is 1.02 bits per heavy atom. The van der Waals surface area contributed by atoms with Gasteiger partial charge in [-0.1, -0.05) is 6.42 Å². The molecular formula is C56H78N14O13. The van der Waals surface area contributed by atoms with Crippen LogP contribution < -0.4 is 95.9 Å². The van der Waals surface area contributed by atoms with Crippen LogP contribution in [0.1, 0.15) is 112 Å². The molecule has 0 aliphatic carbocycles. The van der Waals surface area contributed by atoms with E-state index in [4.69, 9.17) is 53.3 Å². The van der Waals surface area contributed by atoms with Crippen LogP contribution in [0.2, 0.25) is 0 Å². The summed E-state index contributed by atoms with van der Waals surface area (Å²) in [6.45, 7) is 1.14. The van der Waals surface area contributed by atoms with Crippen molar-refractivity contribution in [2.75, 3.05) is 75.9 Å². The summed E-state index contributed by atoms with van der Waals surface area (Å²) in [4.78, 5) is 121. The van der Waals surface area contributed by atoms with Crippen LogP contribution in [0.5, 0.6) is 23.0 Å². The lowest BCUT2D eigenvalue weighted by molar-refractivity contribution is -0.118. The smallest absolute Gasteiger partial charge is 0.312 e. The molecule has 0 aromatic heterocycles. The number of hydrogen-bond acceptors (Lipinski definition) is 17. The van der Waals surface area contributed by atoms with Crippen LogP contribution in [0.3, 0.4) is 0 Å². The Labute approximate surface area is 481 Å². The molecule has 10 amide bonds. The molecule has 0 radical (unpaired) electrons. The normalized spacial score (nSPS) is 12.2. The van der Waals surface area contributed by atoms with Gasteiger partial charge in [-0.3, -0.25) is 38.4 Å². The maximum atomic E-state index is 14.3. The summed E-state index contributed by atoms with van der Waals surface area (Å²) in [5.74, 6) is -5.06. The first-order valence-corrected chi connectivity index (χ1v) is 26.9. The fraction of sp³-hybridized carbons (Fsp3) is 0.411. The van der Waals surface area contributed by atoms with Crippen LogP contribution in [0.4, 0.5) is 27.5 Å². The minimum absolute atomic E-state index is 0.0164. The Morgan fingerprint density at radius 1 is 0.410 bits per heavy atom. The molecule has 4 rings (SSSR count). The van der Waals surface area contributed by atoms with Crippen molar-refractivity contribution >= 4 is 76.0 Å². The van der Waals surface area contributed by atoms with Gasteiger partial charge in [0.15, 0.2) is 0 Å². The molecule has 0 aliphatic heterocycles. The van der Waals surface area contributed by atoms with Gasteiger partial charge in [-0.15, -0.1) is 0 Å². The van der Waals surface area contributed by atoms with Gasteiger partial charge in [-0.2, -0.15) is 0 Å². The predicted octanol–water partition coefficient (Wildman–Crippen LogP) is 2.13. The maximum absolute atomic E-state index is 14.3. The van der Waals surface area contributed by atoms with Gasteiger partial charge < -0.3 is 95.9 Å². The van der Waals surface area contributed by atoms with E-state index in [1.54, 1.807) is 0 Å². The maximum Gasteiger partial charge on any atom is 0.312 e. The molecule has 4 aromatic rings. The highest BCUT2D eigenvalue weighted by atomic mass is 16.5. The fourth-order valence-electron chi connectivity index (χ4n) is 8.45. The fourth-order valence-corrected chi connectivity index (χ4v) is 8.45. The molecule has 0 saturated carbocycles. The molecule has 83 heavy (non-hydrogen) atoms. The van der Waals surface area contributed by atoms with Gasteiger partial charge in [0.25, 0.3) is 23.6 Å². The summed E-state index contributed by atoms with van der Waals surface area (Å²) in [7, 11) is 5.37. The topological polar surface area (TPSA) is 443 Å². The van der Waals surface area contributed by atoms with E-state index in [2.05, 4.69) is 42.5 Å². The summed E-state index contributed by atoms with van der Waals surface area (Å²) >= 11 is 0. The molecule has 27 nitrogen and oxygen atoms in total. The minimum Gasteiger partial charge on any atom is -0.496 e. The highest BCUT2D eigenvalue weighted by molar-refractivity contribution is 6.07. The van der Waals surface area contributed by atoms with E-state index in [9.17, 15) is 43.2 Å². The lowest BCUT2D eigenvalue weighted by Gasteiger charge is -2.22. The van der Waals surface area contributed by atoms with Gasteiger partial charge >= 0.3 is 6.03 Å². The van der Waals surface area contributed by atoms with Crippen LogP contribution in [0.25, 0.3) is 0 Å². The number of nitrogens with one attached hydrogen (secondary N) is 8. The Balaban J connectivity index is 1.57. The molecule has 27 heteroatoms. The molecule has 0 aliphatic rings. The van der Waals surface area contributed by atoms with Gasteiger partial charge in [-0.05, 0) is 157 Å². The van der Waals surface area contributed by atoms with Crippen molar-refractivity contribution in [1.82, 2.24) is 21.3 Å². The molecule has 4 aromatic carbocycles. The second kappa shape index (κ2) is 34.3. The predicted molar refractivity (Wildman–Crippen MR) is 312 cm³/mol. The van der Waals surface area contributed by atoms with E-state index >= 15 is 0 Å². The summed E-state index contributed by atoms with van der Waals surface area (Å²) < 4.78 is 21.7. The molecule has 0 heterocycles. The first kappa shape index (κ1) is 66.5. The number of urea groups is 1. The van der Waals surface area contributed by atoms with Crippen molar-refractivity contribution in [1.29, 1.82) is 0 Å². The lowest BCUT2D eigenvalue weighted by atomic mass is 10.1. The number of carbonyl (C=O) groups is 9. The summed E-state index contributed by atoms with van der Waals surface area (Å²) in [5.41, 5.74) is 34.5. The molecule has 0 fully saturated rings. The van der Waals surface area contributed by atoms with Crippen LogP contribution in [-0.4, -0.2) is 132 Å². The van der Waals surface area contributed by atoms with Gasteiger partial charge in [0.1, 0.15) is 41.1 Å². The van der Waals surface area contributed by atoms with E-state index in [0.29, 0.717) is 64.6 Å². The molecule has 0 unspecified atom stereocenters. The number of rotatable bonds is 35. The third kappa shape index (κ3) is 20.8. The number of primary amides is 2. The van der Waals surface area contributed by atoms with Crippen molar-refractivity contribution in [3.63, 3.8) is 0 Å². The number of amides is 10. The van der Waals surface area contributed by atoms with E-state index in [-0.39, 0.29) is 100 Å². The molecule has 4 atom stereocenters. The standard InChI is InChI=1S/C56H78N14O13/c1-80-44-20-16-32(28-36(44)48(61)71)65-53(76)41(13-6-9-25-58)68-49(72)38-30-34(18-22-46(38)82-3)66-54(77)42(14-7-10-26-59)69-50(73)39-31-35(19-23-47(39)83-4)67-55(78)43(15-11-27-63-56(62)79)70-51(74)37-29-33(17-21-45(37)81-2)64-52(75)40(60)12-5-8-24-57/h16-23,28-31,40-43H,5-15,24-27,57-60H2,1-4H3,(H2,61,71)(H,64,75)(H,65,76)(H,66,77)(H,67,78)(H,68,72)(H,69,73)(H,70,74)(H3,62,63,79)/t40-,41-,42-,43-/m0/s1. The molecule has 0 saturated heterocycles. The van der Waals surface area contributed by atoms with Gasteiger partial charge in [-0.25, -0.2) is 4.79 Å². The van der Waals surface area contributed by atoms with Gasteiger partial charge in [0, 0.05) is 29.3 Å². The summed E-state index contributed by atoms with van der Waals surface area (Å²) in [5, 5.41) is 21.5. The van der Waals surface area contributed by atoms with Crippen molar-refractivity contribution in [3.8, 4) is 23.0 Å². The van der Waals surface area contributed by atoms with Crippen LogP contribution >= 0.6 is 0 Å². The minimum atomic E-state index is -1.26. The lowest BCUT2D eigenvalue weighted by Crippen LogP contribution is -2.45. The Hall–Kier alpha value is -9.05. The number of hydrogen-bond donors (Lipinski definition) is 14. The first-order chi connectivity index (χ1) is 39.8. The molecular weight excluding hydrogens is 1080 g/mol. The highest BCUT2D eigenvalue weighted by Gasteiger charge is 2.29. The number of methoxy groups -OCH3 is 4. The van der Waals surface area contributed by atoms with Crippen molar-refractivity contribution in [2.45, 2.75) is 94.8 Å². The third-order valence-corrected chi connectivity index (χ3v) is 12.9. The van der Waals surface area contributed by atoms with Gasteiger partial charge in [0.05, 0.1) is 56.7 Å². The molecule has 20 N–H and O–H groups in total. The number of carbonyl (C=O) groups excluding carboxylic acids is 9. The van der Waals surface area contributed by atoms with E-state index in [1.807, 2.05) is 0 Å². The number of unbranched alkanes of at least 4 members (excludes halogenated alkanes) is 3. The van der Waals surface area contributed by atoms with Crippen LogP contribution in [0.15, 0.2) is 72.8 Å². The summed E-state index contributed by atoms with van der Waals surface area (Å²) in [6, 6.07) is 11.9. The number of anilines is 4. The van der Waals surface area contributed by atoms with Crippen molar-refractivity contribution in [3.05, 3.63) is 95.1 Å².